The first-order valence-corrected chi connectivity index (χ1v) is 5.36. The van der Waals surface area contributed by atoms with Gasteiger partial charge in [0, 0.05) is 11.9 Å². The minimum absolute atomic E-state index is 0.0520. The number of alkyl halides is 1. The summed E-state index contributed by atoms with van der Waals surface area (Å²) in [6.07, 6.45) is -2.76. The molecule has 0 saturated heterocycles. The van der Waals surface area contributed by atoms with Gasteiger partial charge in [-0.05, 0) is 18.6 Å². The molecule has 17 heavy (non-hydrogen) atoms. The van der Waals surface area contributed by atoms with Crippen molar-refractivity contribution in [2.75, 3.05) is 5.88 Å². The van der Waals surface area contributed by atoms with E-state index in [9.17, 15) is 24.7 Å². The van der Waals surface area contributed by atoms with Crippen molar-refractivity contribution in [3.63, 3.8) is 0 Å². The monoisotopic (exact) mass is 263 g/mol. The Morgan fingerprint density at radius 2 is 2.12 bits per heavy atom. The van der Waals surface area contributed by atoms with E-state index in [-0.39, 0.29) is 17.9 Å². The maximum atomic E-state index is 13.0. The quantitative estimate of drug-likeness (QED) is 0.482. The van der Waals surface area contributed by atoms with Gasteiger partial charge in [-0.2, -0.15) is 0 Å². The van der Waals surface area contributed by atoms with Crippen molar-refractivity contribution in [1.82, 2.24) is 0 Å². The number of hydrogen-bond acceptors (Lipinski definition) is 4. The Labute approximate surface area is 102 Å². The van der Waals surface area contributed by atoms with Crippen LogP contribution in [0.2, 0.25) is 0 Å². The Morgan fingerprint density at radius 1 is 1.47 bits per heavy atom. The summed E-state index contributed by atoms with van der Waals surface area (Å²) in [4.78, 5) is 9.94. The second-order valence-electron chi connectivity index (χ2n) is 3.45. The number of nitro groups is 1. The normalized spacial score (nSPS) is 14.4. The molecular weight excluding hydrogens is 253 g/mol. The highest BCUT2D eigenvalue weighted by atomic mass is 35.5. The van der Waals surface area contributed by atoms with E-state index in [4.69, 9.17) is 11.6 Å². The summed E-state index contributed by atoms with van der Waals surface area (Å²) < 4.78 is 13.0. The second kappa shape index (κ2) is 5.90. The third-order valence-electron chi connectivity index (χ3n) is 2.27. The van der Waals surface area contributed by atoms with E-state index in [0.717, 1.165) is 18.2 Å². The molecule has 1 aromatic carbocycles. The zero-order valence-electron chi connectivity index (χ0n) is 8.72. The molecule has 2 atom stereocenters. The van der Waals surface area contributed by atoms with Crippen molar-refractivity contribution in [3.8, 4) is 0 Å². The Morgan fingerprint density at radius 3 is 2.65 bits per heavy atom. The highest BCUT2D eigenvalue weighted by Crippen LogP contribution is 2.29. The number of benzene rings is 1. The molecule has 0 fully saturated rings. The van der Waals surface area contributed by atoms with E-state index in [1.165, 1.54) is 0 Å². The van der Waals surface area contributed by atoms with Gasteiger partial charge in [0.15, 0.2) is 0 Å². The molecule has 0 radical (unpaired) electrons. The van der Waals surface area contributed by atoms with Crippen LogP contribution < -0.4 is 0 Å². The third-order valence-corrected chi connectivity index (χ3v) is 2.49. The van der Waals surface area contributed by atoms with Crippen LogP contribution in [0, 0.1) is 15.9 Å². The van der Waals surface area contributed by atoms with Crippen LogP contribution in [0.3, 0.4) is 0 Å². The molecule has 94 valence electrons. The fraction of sp³-hybridized carbons (Fsp3) is 0.400. The van der Waals surface area contributed by atoms with Crippen molar-refractivity contribution in [2.24, 2.45) is 0 Å². The maximum Gasteiger partial charge on any atom is 0.275 e. The van der Waals surface area contributed by atoms with Gasteiger partial charge in [-0.1, -0.05) is 0 Å². The SMILES string of the molecule is O=[N+]([O-])c1ccc(F)cc1C(O)C(O)CCCl. The molecule has 2 N–H and O–H groups in total. The maximum absolute atomic E-state index is 13.0. The van der Waals surface area contributed by atoms with Crippen molar-refractivity contribution in [1.29, 1.82) is 0 Å². The van der Waals surface area contributed by atoms with Gasteiger partial charge in [0.05, 0.1) is 16.6 Å². The number of nitro benzene ring substituents is 1. The fourth-order valence-corrected chi connectivity index (χ4v) is 1.63. The zero-order valence-corrected chi connectivity index (χ0v) is 9.47. The third kappa shape index (κ3) is 3.36. The number of aliphatic hydroxyl groups excluding tert-OH is 2. The molecule has 0 aliphatic heterocycles. The van der Waals surface area contributed by atoms with Gasteiger partial charge in [-0.25, -0.2) is 4.39 Å². The summed E-state index contributed by atoms with van der Waals surface area (Å²) >= 11 is 5.38. The number of nitrogens with zero attached hydrogens (tertiary/aromatic N) is 1. The van der Waals surface area contributed by atoms with Gasteiger partial charge in [0.25, 0.3) is 5.69 Å². The summed E-state index contributed by atoms with van der Waals surface area (Å²) in [5.74, 6) is -0.635. The van der Waals surface area contributed by atoms with Gasteiger partial charge in [0.1, 0.15) is 11.9 Å². The van der Waals surface area contributed by atoms with Crippen LogP contribution in [0.4, 0.5) is 10.1 Å². The summed E-state index contributed by atoms with van der Waals surface area (Å²) in [5.41, 5.74) is -0.694. The Balaban J connectivity index is 3.10. The molecule has 2 unspecified atom stereocenters. The standard InChI is InChI=1S/C10H11ClFNO4/c11-4-3-9(14)10(15)7-5-6(12)1-2-8(7)13(16)17/h1-2,5,9-10,14-15H,3-4H2. The molecule has 1 rings (SSSR count). The molecule has 0 aromatic heterocycles. The number of rotatable bonds is 5. The zero-order chi connectivity index (χ0) is 13.0. The average Bonchev–Trinajstić information content (AvgIpc) is 2.27. The van der Waals surface area contributed by atoms with Gasteiger partial charge in [-0.15, -0.1) is 11.6 Å². The highest BCUT2D eigenvalue weighted by molar-refractivity contribution is 6.17. The van der Waals surface area contributed by atoms with Gasteiger partial charge < -0.3 is 10.2 Å². The number of hydrogen-bond donors (Lipinski definition) is 2. The minimum atomic E-state index is -1.54. The lowest BCUT2D eigenvalue weighted by Gasteiger charge is -2.17. The topological polar surface area (TPSA) is 83.6 Å². The second-order valence-corrected chi connectivity index (χ2v) is 3.83. The summed E-state index contributed by atoms with van der Waals surface area (Å²) in [6.45, 7) is 0. The van der Waals surface area contributed by atoms with E-state index in [2.05, 4.69) is 0 Å². The van der Waals surface area contributed by atoms with E-state index >= 15 is 0 Å². The molecule has 0 heterocycles. The minimum Gasteiger partial charge on any atom is -0.390 e. The predicted octanol–water partition coefficient (Wildman–Crippen LogP) is 1.76. The molecule has 0 aliphatic carbocycles. The van der Waals surface area contributed by atoms with Crippen LogP contribution in [0.25, 0.3) is 0 Å². The largest absolute Gasteiger partial charge is 0.390 e. The molecule has 0 saturated carbocycles. The molecule has 7 heteroatoms. The van der Waals surface area contributed by atoms with Crippen molar-refractivity contribution in [3.05, 3.63) is 39.7 Å². The lowest BCUT2D eigenvalue weighted by molar-refractivity contribution is -0.386. The first-order valence-electron chi connectivity index (χ1n) is 4.83. The van der Waals surface area contributed by atoms with E-state index in [0.29, 0.717) is 0 Å². The van der Waals surface area contributed by atoms with Crippen LogP contribution in [-0.2, 0) is 0 Å². The van der Waals surface area contributed by atoms with Gasteiger partial charge in [-0.3, -0.25) is 10.1 Å². The van der Waals surface area contributed by atoms with Crippen LogP contribution in [-0.4, -0.2) is 27.1 Å². The molecular formula is C10H11ClFNO4. The van der Waals surface area contributed by atoms with E-state index < -0.39 is 28.6 Å². The average molecular weight is 264 g/mol. The highest BCUT2D eigenvalue weighted by Gasteiger charge is 2.26. The first-order chi connectivity index (χ1) is 7.97. The lowest BCUT2D eigenvalue weighted by atomic mass is 10.0. The van der Waals surface area contributed by atoms with Crippen molar-refractivity contribution >= 4 is 17.3 Å². The van der Waals surface area contributed by atoms with Crippen LogP contribution in [0.1, 0.15) is 18.1 Å². The summed E-state index contributed by atoms with van der Waals surface area (Å²) in [5, 5.41) is 29.9. The smallest absolute Gasteiger partial charge is 0.275 e. The Bertz CT molecular complexity index is 415. The van der Waals surface area contributed by atoms with Crippen LogP contribution in [0.15, 0.2) is 18.2 Å². The predicted molar refractivity (Wildman–Crippen MR) is 59.4 cm³/mol. The van der Waals surface area contributed by atoms with Crippen LogP contribution in [0.5, 0.6) is 0 Å². The number of aliphatic hydroxyl groups is 2. The molecule has 0 bridgehead atoms. The van der Waals surface area contributed by atoms with Gasteiger partial charge >= 0.3 is 0 Å². The summed E-state index contributed by atoms with van der Waals surface area (Å²) in [6, 6.07) is 2.70. The molecule has 5 nitrogen and oxygen atoms in total. The van der Waals surface area contributed by atoms with Crippen LogP contribution >= 0.6 is 11.6 Å². The molecule has 0 aliphatic rings. The molecule has 1 aromatic rings. The Kier molecular flexibility index (Phi) is 4.80. The number of halogens is 2. The van der Waals surface area contributed by atoms with Crippen molar-refractivity contribution in [2.45, 2.75) is 18.6 Å². The Hall–Kier alpha value is -1.24. The first kappa shape index (κ1) is 13.8. The van der Waals surface area contributed by atoms with Crippen molar-refractivity contribution < 1.29 is 19.5 Å². The molecule has 0 amide bonds. The molecule has 0 spiro atoms. The van der Waals surface area contributed by atoms with Gasteiger partial charge in [0.2, 0.25) is 0 Å². The fourth-order valence-electron chi connectivity index (χ4n) is 1.41. The van der Waals surface area contributed by atoms with E-state index in [1.54, 1.807) is 0 Å². The lowest BCUT2D eigenvalue weighted by Crippen LogP contribution is -2.19. The summed E-state index contributed by atoms with van der Waals surface area (Å²) in [7, 11) is 0. The van der Waals surface area contributed by atoms with E-state index in [1.807, 2.05) is 0 Å².